The minimum atomic E-state index is -0.483. The van der Waals surface area contributed by atoms with Gasteiger partial charge >= 0.3 is 5.97 Å². The average Bonchev–Trinajstić information content (AvgIpc) is 3.17. The third-order valence-corrected chi connectivity index (χ3v) is 2.90. The number of hydrogen-bond donors (Lipinski definition) is 2. The number of esters is 1. The lowest BCUT2D eigenvalue weighted by Crippen LogP contribution is -2.32. The summed E-state index contributed by atoms with van der Waals surface area (Å²) in [5.74, 6) is 0.763. The van der Waals surface area contributed by atoms with Crippen LogP contribution in [0.3, 0.4) is 0 Å². The number of carbonyl (C=O) groups excluding carboxylic acids is 2. The molecule has 6 nitrogen and oxygen atoms in total. The lowest BCUT2D eigenvalue weighted by molar-refractivity contribution is -0.122. The maximum Gasteiger partial charge on any atom is 0.373 e. The van der Waals surface area contributed by atoms with Crippen molar-refractivity contribution in [1.82, 2.24) is 10.6 Å². The highest BCUT2D eigenvalue weighted by atomic mass is 16.5. The Hall–Kier alpha value is -1.82. The van der Waals surface area contributed by atoms with Gasteiger partial charge in [0.25, 0.3) is 0 Å². The summed E-state index contributed by atoms with van der Waals surface area (Å²) in [5.41, 5.74) is 0. The van der Waals surface area contributed by atoms with Gasteiger partial charge in [-0.05, 0) is 25.0 Å². The Morgan fingerprint density at radius 1 is 1.37 bits per heavy atom. The molecule has 1 heterocycles. The zero-order valence-electron chi connectivity index (χ0n) is 10.9. The number of nitrogens with one attached hydrogen (secondary N) is 2. The molecule has 0 aliphatic heterocycles. The van der Waals surface area contributed by atoms with Crippen LogP contribution in [0.25, 0.3) is 0 Å². The minimum absolute atomic E-state index is 0.146. The van der Waals surface area contributed by atoms with E-state index in [2.05, 4.69) is 15.4 Å². The molecule has 0 atom stereocenters. The Labute approximate surface area is 111 Å². The Bertz CT molecular complexity index is 451. The van der Waals surface area contributed by atoms with Crippen molar-refractivity contribution in [3.05, 3.63) is 23.7 Å². The van der Waals surface area contributed by atoms with Gasteiger partial charge in [0, 0.05) is 19.0 Å². The van der Waals surface area contributed by atoms with Gasteiger partial charge in [0.05, 0.1) is 13.7 Å². The van der Waals surface area contributed by atoms with Crippen molar-refractivity contribution in [2.45, 2.75) is 19.4 Å². The number of rotatable bonds is 7. The molecular weight excluding hydrogens is 248 g/mol. The van der Waals surface area contributed by atoms with Crippen molar-refractivity contribution < 1.29 is 18.7 Å². The number of carbonyl (C=O) groups is 2. The summed E-state index contributed by atoms with van der Waals surface area (Å²) in [5, 5.41) is 5.98. The summed E-state index contributed by atoms with van der Waals surface area (Å²) >= 11 is 0. The van der Waals surface area contributed by atoms with E-state index >= 15 is 0 Å². The van der Waals surface area contributed by atoms with Crippen molar-refractivity contribution in [3.63, 3.8) is 0 Å². The van der Waals surface area contributed by atoms with Gasteiger partial charge < -0.3 is 19.8 Å². The normalized spacial score (nSPS) is 14.2. The molecule has 2 N–H and O–H groups in total. The van der Waals surface area contributed by atoms with Gasteiger partial charge in [-0.3, -0.25) is 4.79 Å². The molecule has 0 spiro atoms. The highest BCUT2D eigenvalue weighted by molar-refractivity contribution is 5.86. The second-order valence-corrected chi connectivity index (χ2v) is 4.50. The molecule has 1 aliphatic rings. The molecule has 1 saturated carbocycles. The maximum atomic E-state index is 11.3. The van der Waals surface area contributed by atoms with Crippen molar-refractivity contribution >= 4 is 11.9 Å². The first-order valence-electron chi connectivity index (χ1n) is 6.36. The Kier molecular flexibility index (Phi) is 4.57. The van der Waals surface area contributed by atoms with Crippen molar-refractivity contribution in [2.24, 2.45) is 5.92 Å². The molecule has 0 radical (unpaired) electrons. The summed E-state index contributed by atoms with van der Waals surface area (Å²) in [4.78, 5) is 22.5. The van der Waals surface area contributed by atoms with Gasteiger partial charge in [-0.2, -0.15) is 0 Å². The van der Waals surface area contributed by atoms with Crippen LogP contribution in [-0.4, -0.2) is 32.1 Å². The third kappa shape index (κ3) is 4.10. The molecule has 1 amide bonds. The molecule has 0 unspecified atom stereocenters. The molecule has 2 rings (SSSR count). The van der Waals surface area contributed by atoms with E-state index in [9.17, 15) is 9.59 Å². The number of methoxy groups -OCH3 is 1. The van der Waals surface area contributed by atoms with Crippen LogP contribution in [0.2, 0.25) is 0 Å². The summed E-state index contributed by atoms with van der Waals surface area (Å²) in [6.07, 6.45) is 2.03. The van der Waals surface area contributed by atoms with Crippen molar-refractivity contribution in [3.8, 4) is 0 Å². The highest BCUT2D eigenvalue weighted by Crippen LogP contribution is 2.28. The van der Waals surface area contributed by atoms with Gasteiger partial charge in [0.15, 0.2) is 0 Å². The van der Waals surface area contributed by atoms with Crippen molar-refractivity contribution in [1.29, 1.82) is 0 Å². The maximum absolute atomic E-state index is 11.3. The van der Waals surface area contributed by atoms with E-state index < -0.39 is 5.97 Å². The number of furan rings is 1. The highest BCUT2D eigenvalue weighted by Gasteiger charge is 2.28. The molecule has 6 heteroatoms. The quantitative estimate of drug-likeness (QED) is 0.560. The second-order valence-electron chi connectivity index (χ2n) is 4.50. The fourth-order valence-corrected chi connectivity index (χ4v) is 1.66. The predicted molar refractivity (Wildman–Crippen MR) is 67.5 cm³/mol. The fraction of sp³-hybridized carbons (Fsp3) is 0.538. The zero-order valence-corrected chi connectivity index (χ0v) is 10.9. The molecule has 0 saturated heterocycles. The lowest BCUT2D eigenvalue weighted by Gasteiger charge is -2.04. The van der Waals surface area contributed by atoms with Crippen molar-refractivity contribution in [2.75, 3.05) is 20.2 Å². The first-order chi connectivity index (χ1) is 9.20. The van der Waals surface area contributed by atoms with E-state index in [1.807, 2.05) is 0 Å². The summed E-state index contributed by atoms with van der Waals surface area (Å²) in [6.45, 7) is 1.77. The molecule has 104 valence electrons. The zero-order chi connectivity index (χ0) is 13.7. The number of amides is 1. The Morgan fingerprint density at radius 3 is 2.84 bits per heavy atom. The molecular formula is C13H18N2O4. The van der Waals surface area contributed by atoms with Crippen LogP contribution in [0.4, 0.5) is 0 Å². The van der Waals surface area contributed by atoms with Crippen LogP contribution in [0.15, 0.2) is 16.5 Å². The summed E-state index contributed by atoms with van der Waals surface area (Å²) in [7, 11) is 1.31. The molecule has 1 aromatic heterocycles. The van der Waals surface area contributed by atoms with Gasteiger partial charge in [0.2, 0.25) is 11.7 Å². The summed E-state index contributed by atoms with van der Waals surface area (Å²) < 4.78 is 9.83. The molecule has 1 aliphatic carbocycles. The Morgan fingerprint density at radius 2 is 2.16 bits per heavy atom. The average molecular weight is 266 g/mol. The SMILES string of the molecule is COC(=O)c1ccc(CNCCNC(=O)C2CC2)o1. The van der Waals surface area contributed by atoms with Crippen LogP contribution in [0.1, 0.15) is 29.2 Å². The first-order valence-corrected chi connectivity index (χ1v) is 6.36. The molecule has 19 heavy (non-hydrogen) atoms. The summed E-state index contributed by atoms with van der Waals surface area (Å²) in [6, 6.07) is 3.31. The van der Waals surface area contributed by atoms with Gasteiger partial charge in [-0.15, -0.1) is 0 Å². The largest absolute Gasteiger partial charge is 0.463 e. The number of ether oxygens (including phenoxy) is 1. The van der Waals surface area contributed by atoms with Gasteiger partial charge in [-0.1, -0.05) is 0 Å². The third-order valence-electron chi connectivity index (χ3n) is 2.90. The first kappa shape index (κ1) is 13.6. The molecule has 1 aromatic rings. The Balaban J connectivity index is 1.61. The van der Waals surface area contributed by atoms with E-state index in [0.29, 0.717) is 25.4 Å². The van der Waals surface area contributed by atoms with E-state index in [1.54, 1.807) is 12.1 Å². The van der Waals surface area contributed by atoms with E-state index in [0.717, 1.165) is 12.8 Å². The molecule has 0 aromatic carbocycles. The van der Waals surface area contributed by atoms with E-state index in [-0.39, 0.29) is 17.6 Å². The topological polar surface area (TPSA) is 80.6 Å². The van der Waals surface area contributed by atoms with Crippen LogP contribution in [-0.2, 0) is 16.1 Å². The standard InChI is InChI=1S/C13H18N2O4/c1-18-13(17)11-5-4-10(19-11)8-14-6-7-15-12(16)9-2-3-9/h4-5,9,14H,2-3,6-8H2,1H3,(H,15,16). The van der Waals surface area contributed by atoms with Crippen LogP contribution >= 0.6 is 0 Å². The fourth-order valence-electron chi connectivity index (χ4n) is 1.66. The predicted octanol–water partition coefficient (Wildman–Crippen LogP) is 0.682. The second kappa shape index (κ2) is 6.38. The molecule has 0 bridgehead atoms. The van der Waals surface area contributed by atoms with Gasteiger partial charge in [-0.25, -0.2) is 4.79 Å². The van der Waals surface area contributed by atoms with Crippen LogP contribution < -0.4 is 10.6 Å². The van der Waals surface area contributed by atoms with E-state index in [1.165, 1.54) is 7.11 Å². The number of hydrogen-bond acceptors (Lipinski definition) is 5. The monoisotopic (exact) mass is 266 g/mol. The van der Waals surface area contributed by atoms with Gasteiger partial charge in [0.1, 0.15) is 5.76 Å². The van der Waals surface area contributed by atoms with Crippen LogP contribution in [0, 0.1) is 5.92 Å². The lowest BCUT2D eigenvalue weighted by atomic mass is 10.4. The van der Waals surface area contributed by atoms with Crippen LogP contribution in [0.5, 0.6) is 0 Å². The smallest absolute Gasteiger partial charge is 0.373 e. The van der Waals surface area contributed by atoms with E-state index in [4.69, 9.17) is 4.42 Å². The molecule has 1 fully saturated rings. The minimum Gasteiger partial charge on any atom is -0.463 e.